The quantitative estimate of drug-likeness (QED) is 0.940. The first-order chi connectivity index (χ1) is 10.7. The van der Waals surface area contributed by atoms with Crippen molar-refractivity contribution in [3.63, 3.8) is 0 Å². The van der Waals surface area contributed by atoms with E-state index < -0.39 is 0 Å². The number of carbonyl (C=O) groups is 1. The Bertz CT molecular complexity index is 599. The molecule has 5 heteroatoms. The molecule has 2 heterocycles. The fourth-order valence-electron chi connectivity index (χ4n) is 2.60. The van der Waals surface area contributed by atoms with Gasteiger partial charge in [0.2, 0.25) is 5.91 Å². The summed E-state index contributed by atoms with van der Waals surface area (Å²) in [7, 11) is 2.15. The van der Waals surface area contributed by atoms with Gasteiger partial charge in [-0.1, -0.05) is 0 Å². The van der Waals surface area contributed by atoms with E-state index in [4.69, 9.17) is 4.42 Å². The van der Waals surface area contributed by atoms with Crippen molar-refractivity contribution in [3.05, 3.63) is 48.4 Å². The van der Waals surface area contributed by atoms with Crippen LogP contribution in [0.1, 0.15) is 5.76 Å². The lowest BCUT2D eigenvalue weighted by Crippen LogP contribution is -2.44. The van der Waals surface area contributed by atoms with Crippen molar-refractivity contribution in [2.24, 2.45) is 0 Å². The average molecular weight is 299 g/mol. The molecule has 1 saturated heterocycles. The van der Waals surface area contributed by atoms with E-state index in [9.17, 15) is 4.79 Å². The lowest BCUT2D eigenvalue weighted by molar-refractivity contribution is -0.115. The minimum atomic E-state index is -0.0673. The molecule has 0 saturated carbocycles. The van der Waals surface area contributed by atoms with Gasteiger partial charge in [-0.05, 0) is 43.4 Å². The van der Waals surface area contributed by atoms with E-state index >= 15 is 0 Å². The van der Waals surface area contributed by atoms with E-state index in [1.165, 1.54) is 5.69 Å². The van der Waals surface area contributed by atoms with Crippen LogP contribution in [0.4, 0.5) is 11.4 Å². The minimum absolute atomic E-state index is 0.0673. The van der Waals surface area contributed by atoms with Crippen LogP contribution in [0.25, 0.3) is 0 Å². The molecule has 1 N–H and O–H groups in total. The second-order valence-electron chi connectivity index (χ2n) is 5.64. The van der Waals surface area contributed by atoms with E-state index in [1.807, 2.05) is 12.1 Å². The Balaban J connectivity index is 1.56. The normalized spacial score (nSPS) is 15.8. The Hall–Kier alpha value is -2.27. The third kappa shape index (κ3) is 3.68. The maximum Gasteiger partial charge on any atom is 0.231 e. The molecule has 1 aromatic heterocycles. The van der Waals surface area contributed by atoms with Gasteiger partial charge >= 0.3 is 0 Å². The number of nitrogens with zero attached hydrogens (tertiary/aromatic N) is 2. The molecule has 0 unspecified atom stereocenters. The van der Waals surface area contributed by atoms with Gasteiger partial charge in [-0.3, -0.25) is 4.79 Å². The number of hydrogen-bond donors (Lipinski definition) is 1. The van der Waals surface area contributed by atoms with Crippen molar-refractivity contribution in [2.75, 3.05) is 43.4 Å². The standard InChI is InChI=1S/C17H21N3O2/c1-19-8-10-20(11-9-19)15-6-4-14(5-7-15)18-17(21)13-16-3-2-12-22-16/h2-7,12H,8-11,13H2,1H3,(H,18,21). The van der Waals surface area contributed by atoms with Gasteiger partial charge in [-0.25, -0.2) is 0 Å². The number of carbonyl (C=O) groups excluding carboxylic acids is 1. The summed E-state index contributed by atoms with van der Waals surface area (Å²) in [5.74, 6) is 0.605. The monoisotopic (exact) mass is 299 g/mol. The van der Waals surface area contributed by atoms with Crippen LogP contribution in [0.5, 0.6) is 0 Å². The van der Waals surface area contributed by atoms with Crippen molar-refractivity contribution >= 4 is 17.3 Å². The summed E-state index contributed by atoms with van der Waals surface area (Å²) in [6, 6.07) is 11.6. The Labute approximate surface area is 130 Å². The van der Waals surface area contributed by atoms with Gasteiger partial charge in [-0.15, -0.1) is 0 Å². The molecule has 1 aliphatic rings. The van der Waals surface area contributed by atoms with Crippen molar-refractivity contribution in [1.82, 2.24) is 4.90 Å². The lowest BCUT2D eigenvalue weighted by Gasteiger charge is -2.34. The van der Waals surface area contributed by atoms with Gasteiger partial charge in [0.15, 0.2) is 0 Å². The number of hydrogen-bond acceptors (Lipinski definition) is 4. The zero-order chi connectivity index (χ0) is 15.4. The second-order valence-corrected chi connectivity index (χ2v) is 5.64. The predicted molar refractivity (Wildman–Crippen MR) is 87.2 cm³/mol. The zero-order valence-electron chi connectivity index (χ0n) is 12.8. The van der Waals surface area contributed by atoms with Crippen molar-refractivity contribution < 1.29 is 9.21 Å². The van der Waals surface area contributed by atoms with E-state index in [0.29, 0.717) is 5.76 Å². The first kappa shape index (κ1) is 14.7. The number of likely N-dealkylation sites (N-methyl/N-ethyl adjacent to an activating group) is 1. The highest BCUT2D eigenvalue weighted by atomic mass is 16.3. The SMILES string of the molecule is CN1CCN(c2ccc(NC(=O)Cc3ccco3)cc2)CC1. The number of benzene rings is 1. The largest absolute Gasteiger partial charge is 0.469 e. The molecule has 2 aromatic rings. The van der Waals surface area contributed by atoms with Crippen LogP contribution in [0.2, 0.25) is 0 Å². The van der Waals surface area contributed by atoms with Crippen LogP contribution < -0.4 is 10.2 Å². The Morgan fingerprint density at radius 2 is 1.86 bits per heavy atom. The molecular formula is C17H21N3O2. The summed E-state index contributed by atoms with van der Waals surface area (Å²) >= 11 is 0. The summed E-state index contributed by atoms with van der Waals surface area (Å²) in [5.41, 5.74) is 2.02. The number of anilines is 2. The summed E-state index contributed by atoms with van der Waals surface area (Å²) < 4.78 is 5.18. The highest BCUT2D eigenvalue weighted by Crippen LogP contribution is 2.19. The summed E-state index contributed by atoms with van der Waals surface area (Å²) in [6.45, 7) is 4.25. The molecule has 1 amide bonds. The number of nitrogens with one attached hydrogen (secondary N) is 1. The number of rotatable bonds is 4. The van der Waals surface area contributed by atoms with Crippen LogP contribution in [0.15, 0.2) is 47.1 Å². The third-order valence-corrected chi connectivity index (χ3v) is 3.93. The van der Waals surface area contributed by atoms with Crippen molar-refractivity contribution in [2.45, 2.75) is 6.42 Å². The molecule has 5 nitrogen and oxygen atoms in total. The topological polar surface area (TPSA) is 48.7 Å². The molecule has 1 fully saturated rings. The summed E-state index contributed by atoms with van der Waals surface area (Å²) in [5, 5.41) is 2.89. The molecule has 1 aliphatic heterocycles. The molecule has 1 aromatic carbocycles. The highest BCUT2D eigenvalue weighted by molar-refractivity contribution is 5.92. The van der Waals surface area contributed by atoms with Gasteiger partial charge in [0.25, 0.3) is 0 Å². The average Bonchev–Trinajstić information content (AvgIpc) is 3.02. The number of piperazine rings is 1. The highest BCUT2D eigenvalue weighted by Gasteiger charge is 2.14. The zero-order valence-corrected chi connectivity index (χ0v) is 12.8. The van der Waals surface area contributed by atoms with Gasteiger partial charge < -0.3 is 19.5 Å². The van der Waals surface area contributed by atoms with Gasteiger partial charge in [0, 0.05) is 37.6 Å². The third-order valence-electron chi connectivity index (χ3n) is 3.93. The Morgan fingerprint density at radius 3 is 2.50 bits per heavy atom. The van der Waals surface area contributed by atoms with Crippen LogP contribution >= 0.6 is 0 Å². The molecule has 116 valence electrons. The fourth-order valence-corrected chi connectivity index (χ4v) is 2.60. The molecule has 0 radical (unpaired) electrons. The molecule has 0 atom stereocenters. The van der Waals surface area contributed by atoms with Gasteiger partial charge in [0.1, 0.15) is 5.76 Å². The van der Waals surface area contributed by atoms with Crippen LogP contribution in [0, 0.1) is 0 Å². The minimum Gasteiger partial charge on any atom is -0.469 e. The fraction of sp³-hybridized carbons (Fsp3) is 0.353. The van der Waals surface area contributed by atoms with Gasteiger partial charge in [0.05, 0.1) is 12.7 Å². The van der Waals surface area contributed by atoms with Crippen LogP contribution in [-0.4, -0.2) is 44.0 Å². The molecule has 3 rings (SSSR count). The van der Waals surface area contributed by atoms with E-state index in [0.717, 1.165) is 31.9 Å². The van der Waals surface area contributed by atoms with E-state index in [2.05, 4.69) is 34.3 Å². The van der Waals surface area contributed by atoms with Crippen LogP contribution in [-0.2, 0) is 11.2 Å². The number of amides is 1. The molecule has 0 aliphatic carbocycles. The first-order valence-electron chi connectivity index (χ1n) is 7.56. The van der Waals surface area contributed by atoms with Gasteiger partial charge in [-0.2, -0.15) is 0 Å². The molecule has 0 spiro atoms. The molecular weight excluding hydrogens is 278 g/mol. The maximum absolute atomic E-state index is 11.9. The summed E-state index contributed by atoms with van der Waals surface area (Å²) in [6.07, 6.45) is 1.83. The molecule has 22 heavy (non-hydrogen) atoms. The van der Waals surface area contributed by atoms with Crippen molar-refractivity contribution in [1.29, 1.82) is 0 Å². The number of furan rings is 1. The smallest absolute Gasteiger partial charge is 0.231 e. The summed E-state index contributed by atoms with van der Waals surface area (Å²) in [4.78, 5) is 16.6. The maximum atomic E-state index is 11.9. The predicted octanol–water partition coefficient (Wildman–Crippen LogP) is 2.21. The first-order valence-corrected chi connectivity index (χ1v) is 7.56. The second kappa shape index (κ2) is 6.66. The molecule has 0 bridgehead atoms. The van der Waals surface area contributed by atoms with E-state index in [1.54, 1.807) is 18.4 Å². The van der Waals surface area contributed by atoms with E-state index in [-0.39, 0.29) is 12.3 Å². The van der Waals surface area contributed by atoms with Crippen LogP contribution in [0.3, 0.4) is 0 Å². The lowest BCUT2D eigenvalue weighted by atomic mass is 10.2. The Kier molecular flexibility index (Phi) is 4.44. The van der Waals surface area contributed by atoms with Crippen molar-refractivity contribution in [3.8, 4) is 0 Å². The Morgan fingerprint density at radius 1 is 1.14 bits per heavy atom.